The van der Waals surface area contributed by atoms with Gasteiger partial charge in [0.25, 0.3) is 5.89 Å². The molecule has 0 spiro atoms. The van der Waals surface area contributed by atoms with E-state index in [1.165, 1.54) is 0 Å². The summed E-state index contributed by atoms with van der Waals surface area (Å²) in [5.41, 5.74) is 1.72. The molecule has 5 aromatic rings. The highest BCUT2D eigenvalue weighted by Crippen LogP contribution is 2.37. The summed E-state index contributed by atoms with van der Waals surface area (Å²) in [5, 5.41) is 16.5. The van der Waals surface area contributed by atoms with Crippen molar-refractivity contribution in [2.75, 3.05) is 0 Å². The smallest absolute Gasteiger partial charge is 0.257 e. The van der Waals surface area contributed by atoms with Gasteiger partial charge in [-0.25, -0.2) is 14.6 Å². The van der Waals surface area contributed by atoms with Crippen molar-refractivity contribution in [3.63, 3.8) is 0 Å². The van der Waals surface area contributed by atoms with Crippen LogP contribution in [0.2, 0.25) is 0 Å². The molecule has 0 bridgehead atoms. The topological polar surface area (TPSA) is 82.5 Å². The van der Waals surface area contributed by atoms with E-state index >= 15 is 0 Å². The SMILES string of the molecule is C[C@H](Sc1ncnc2c1cnn2-c1ccccc1)c1nnc(-c2cccs2)o1. The highest BCUT2D eigenvalue weighted by atomic mass is 32.2. The summed E-state index contributed by atoms with van der Waals surface area (Å²) < 4.78 is 7.66. The Labute approximate surface area is 168 Å². The molecule has 1 atom stereocenters. The molecule has 138 valence electrons. The Kier molecular flexibility index (Phi) is 4.38. The van der Waals surface area contributed by atoms with Crippen LogP contribution >= 0.6 is 23.1 Å². The molecule has 0 radical (unpaired) electrons. The lowest BCUT2D eigenvalue weighted by molar-refractivity contribution is 0.510. The van der Waals surface area contributed by atoms with Crippen LogP contribution in [-0.4, -0.2) is 29.9 Å². The molecule has 0 saturated heterocycles. The molecular weight excluding hydrogens is 392 g/mol. The molecule has 1 aromatic carbocycles. The third-order valence-corrected chi connectivity index (χ3v) is 6.10. The average Bonchev–Trinajstić information content (AvgIpc) is 3.48. The molecule has 7 nitrogen and oxygen atoms in total. The zero-order valence-corrected chi connectivity index (χ0v) is 16.4. The maximum absolute atomic E-state index is 5.85. The van der Waals surface area contributed by atoms with Crippen molar-refractivity contribution in [1.82, 2.24) is 29.9 Å². The van der Waals surface area contributed by atoms with E-state index in [0.717, 1.165) is 26.6 Å². The number of thioether (sulfide) groups is 1. The second-order valence-electron chi connectivity index (χ2n) is 5.99. The van der Waals surface area contributed by atoms with Crippen LogP contribution in [-0.2, 0) is 0 Å². The normalized spacial score (nSPS) is 12.5. The number of rotatable bonds is 5. The minimum absolute atomic E-state index is 0.0561. The van der Waals surface area contributed by atoms with Crippen molar-refractivity contribution in [3.8, 4) is 16.5 Å². The molecule has 9 heteroatoms. The number of aromatic nitrogens is 6. The maximum Gasteiger partial charge on any atom is 0.257 e. The quantitative estimate of drug-likeness (QED) is 0.307. The molecule has 4 heterocycles. The predicted molar refractivity (Wildman–Crippen MR) is 109 cm³/mol. The van der Waals surface area contributed by atoms with Gasteiger partial charge in [-0.2, -0.15) is 5.10 Å². The summed E-state index contributed by atoms with van der Waals surface area (Å²) in [5.74, 6) is 1.11. The molecule has 0 N–H and O–H groups in total. The monoisotopic (exact) mass is 406 g/mol. The maximum atomic E-state index is 5.85. The largest absolute Gasteiger partial charge is 0.419 e. The molecule has 0 aliphatic rings. The number of hydrogen-bond donors (Lipinski definition) is 0. The zero-order chi connectivity index (χ0) is 18.9. The Morgan fingerprint density at radius 2 is 1.96 bits per heavy atom. The van der Waals surface area contributed by atoms with E-state index in [2.05, 4.69) is 25.3 Å². The van der Waals surface area contributed by atoms with E-state index < -0.39 is 0 Å². The Morgan fingerprint density at radius 3 is 2.79 bits per heavy atom. The molecule has 0 amide bonds. The molecule has 0 saturated carbocycles. The first kappa shape index (κ1) is 17.1. The fourth-order valence-electron chi connectivity index (χ4n) is 2.79. The van der Waals surface area contributed by atoms with Crippen LogP contribution < -0.4 is 0 Å². The van der Waals surface area contributed by atoms with Crippen LogP contribution in [0.4, 0.5) is 0 Å². The lowest BCUT2D eigenvalue weighted by atomic mass is 10.3. The number of fused-ring (bicyclic) bond motifs is 1. The van der Waals surface area contributed by atoms with Crippen molar-refractivity contribution >= 4 is 34.1 Å². The lowest BCUT2D eigenvalue weighted by Gasteiger charge is -2.07. The van der Waals surface area contributed by atoms with Gasteiger partial charge in [0, 0.05) is 0 Å². The Morgan fingerprint density at radius 1 is 1.07 bits per heavy atom. The fraction of sp³-hybridized carbons (Fsp3) is 0.105. The molecule has 0 aliphatic heterocycles. The second-order valence-corrected chi connectivity index (χ2v) is 8.27. The summed E-state index contributed by atoms with van der Waals surface area (Å²) in [6.07, 6.45) is 3.35. The van der Waals surface area contributed by atoms with Crippen LogP contribution in [0.25, 0.3) is 27.5 Å². The van der Waals surface area contributed by atoms with Crippen molar-refractivity contribution in [2.45, 2.75) is 17.2 Å². The Balaban J connectivity index is 1.45. The fourth-order valence-corrected chi connectivity index (χ4v) is 4.35. The molecule has 28 heavy (non-hydrogen) atoms. The lowest BCUT2D eigenvalue weighted by Crippen LogP contribution is -1.98. The van der Waals surface area contributed by atoms with Crippen LogP contribution in [0, 0.1) is 0 Å². The van der Waals surface area contributed by atoms with Crippen molar-refractivity contribution < 1.29 is 4.42 Å². The average molecular weight is 406 g/mol. The molecular formula is C19H14N6OS2. The number of hydrogen-bond acceptors (Lipinski definition) is 8. The number of para-hydroxylation sites is 1. The summed E-state index contributed by atoms with van der Waals surface area (Å²) >= 11 is 3.12. The first-order valence-electron chi connectivity index (χ1n) is 8.57. The first-order chi connectivity index (χ1) is 13.8. The van der Waals surface area contributed by atoms with E-state index in [0.29, 0.717) is 11.8 Å². The minimum atomic E-state index is -0.0561. The highest BCUT2D eigenvalue weighted by Gasteiger charge is 2.20. The number of thiophene rings is 1. The van der Waals surface area contributed by atoms with Crippen molar-refractivity contribution in [1.29, 1.82) is 0 Å². The Bertz CT molecular complexity index is 1220. The molecule has 5 rings (SSSR count). The highest BCUT2D eigenvalue weighted by molar-refractivity contribution is 7.99. The molecule has 0 fully saturated rings. The van der Waals surface area contributed by atoms with E-state index in [9.17, 15) is 0 Å². The summed E-state index contributed by atoms with van der Waals surface area (Å²) in [6, 6.07) is 13.8. The predicted octanol–water partition coefficient (Wildman–Crippen LogP) is 4.78. The molecule has 4 aromatic heterocycles. The van der Waals surface area contributed by atoms with Gasteiger partial charge in [-0.15, -0.1) is 21.5 Å². The van der Waals surface area contributed by atoms with Crippen LogP contribution in [0.3, 0.4) is 0 Å². The summed E-state index contributed by atoms with van der Waals surface area (Å²) in [7, 11) is 0. The molecule has 0 aliphatic carbocycles. The third kappa shape index (κ3) is 3.08. The molecule has 0 unspecified atom stereocenters. The first-order valence-corrected chi connectivity index (χ1v) is 10.3. The van der Waals surface area contributed by atoms with Gasteiger partial charge in [-0.1, -0.05) is 36.0 Å². The second kappa shape index (κ2) is 7.17. The zero-order valence-electron chi connectivity index (χ0n) is 14.8. The minimum Gasteiger partial charge on any atom is -0.419 e. The van der Waals surface area contributed by atoms with Gasteiger partial charge in [0.15, 0.2) is 5.65 Å². The van der Waals surface area contributed by atoms with Crippen LogP contribution in [0.15, 0.2) is 69.8 Å². The summed E-state index contributed by atoms with van der Waals surface area (Å²) in [4.78, 5) is 9.83. The van der Waals surface area contributed by atoms with Gasteiger partial charge < -0.3 is 4.42 Å². The van der Waals surface area contributed by atoms with Crippen molar-refractivity contribution in [2.24, 2.45) is 0 Å². The van der Waals surface area contributed by atoms with Gasteiger partial charge in [0.05, 0.1) is 27.4 Å². The van der Waals surface area contributed by atoms with Gasteiger partial charge >= 0.3 is 0 Å². The van der Waals surface area contributed by atoms with Gasteiger partial charge in [-0.3, -0.25) is 0 Å². The van der Waals surface area contributed by atoms with E-state index in [1.54, 1.807) is 35.6 Å². The van der Waals surface area contributed by atoms with Gasteiger partial charge in [0.1, 0.15) is 11.4 Å². The van der Waals surface area contributed by atoms with E-state index in [1.807, 2.05) is 59.5 Å². The van der Waals surface area contributed by atoms with Crippen LogP contribution in [0.5, 0.6) is 0 Å². The standard InChI is InChI=1S/C19H14N6OS2/c1-12(17-23-24-18(26-17)15-8-5-9-27-15)28-19-14-10-22-25(16(14)20-11-21-19)13-6-3-2-4-7-13/h2-12H,1H3/t12-/m0/s1. The van der Waals surface area contributed by atoms with E-state index in [4.69, 9.17) is 4.42 Å². The number of benzene rings is 1. The van der Waals surface area contributed by atoms with Gasteiger partial charge in [0.2, 0.25) is 5.89 Å². The van der Waals surface area contributed by atoms with E-state index in [-0.39, 0.29) is 5.25 Å². The Hall–Kier alpha value is -3.04. The van der Waals surface area contributed by atoms with Crippen LogP contribution in [0.1, 0.15) is 18.1 Å². The third-order valence-electron chi connectivity index (χ3n) is 4.14. The van der Waals surface area contributed by atoms with Crippen molar-refractivity contribution in [3.05, 3.63) is 66.3 Å². The summed E-state index contributed by atoms with van der Waals surface area (Å²) in [6.45, 7) is 2.02. The number of nitrogens with zero attached hydrogens (tertiary/aromatic N) is 6. The van der Waals surface area contributed by atoms with Gasteiger partial charge in [-0.05, 0) is 30.5 Å².